The van der Waals surface area contributed by atoms with Gasteiger partial charge in [0.25, 0.3) is 0 Å². The first-order valence-corrected chi connectivity index (χ1v) is 5.08. The Morgan fingerprint density at radius 1 is 1.40 bits per heavy atom. The van der Waals surface area contributed by atoms with E-state index >= 15 is 0 Å². The van der Waals surface area contributed by atoms with Crippen LogP contribution in [0.1, 0.15) is 20.8 Å². The molecule has 0 saturated heterocycles. The first-order chi connectivity index (χ1) is 7.09. The van der Waals surface area contributed by atoms with E-state index in [9.17, 15) is 4.79 Å². The van der Waals surface area contributed by atoms with Crippen LogP contribution in [0.3, 0.4) is 0 Å². The molecule has 0 unspecified atom stereocenters. The summed E-state index contributed by atoms with van der Waals surface area (Å²) < 4.78 is 5.60. The Morgan fingerprint density at radius 3 is 2.67 bits per heavy atom. The standard InChI is InChI=1S/C12H17NO2/c1-9(2)15-12-7-5-4-6-11(12)13-8-10(3)14/h4-7,9,13H,8H2,1-3H3. The molecule has 0 amide bonds. The molecular formula is C12H17NO2. The van der Waals surface area contributed by atoms with Gasteiger partial charge in [0.15, 0.2) is 0 Å². The highest BCUT2D eigenvalue weighted by atomic mass is 16.5. The molecule has 1 aromatic rings. The molecule has 0 heterocycles. The van der Waals surface area contributed by atoms with Crippen molar-refractivity contribution in [2.75, 3.05) is 11.9 Å². The molecule has 0 aliphatic heterocycles. The summed E-state index contributed by atoms with van der Waals surface area (Å²) in [6, 6.07) is 7.62. The summed E-state index contributed by atoms with van der Waals surface area (Å²) in [5.74, 6) is 0.892. The number of anilines is 1. The van der Waals surface area contributed by atoms with Crippen molar-refractivity contribution in [2.45, 2.75) is 26.9 Å². The second kappa shape index (κ2) is 5.39. The number of benzene rings is 1. The first kappa shape index (κ1) is 11.6. The van der Waals surface area contributed by atoms with Gasteiger partial charge in [0.1, 0.15) is 11.5 Å². The highest BCUT2D eigenvalue weighted by molar-refractivity contribution is 5.80. The lowest BCUT2D eigenvalue weighted by molar-refractivity contribution is -0.115. The predicted octanol–water partition coefficient (Wildman–Crippen LogP) is 2.47. The van der Waals surface area contributed by atoms with Gasteiger partial charge in [-0.2, -0.15) is 0 Å². The van der Waals surface area contributed by atoms with Crippen molar-refractivity contribution in [3.05, 3.63) is 24.3 Å². The normalized spacial score (nSPS) is 10.1. The zero-order valence-corrected chi connectivity index (χ0v) is 9.41. The van der Waals surface area contributed by atoms with Crippen LogP contribution < -0.4 is 10.1 Å². The highest BCUT2D eigenvalue weighted by Crippen LogP contribution is 2.24. The van der Waals surface area contributed by atoms with E-state index in [1.165, 1.54) is 0 Å². The number of nitrogens with one attached hydrogen (secondary N) is 1. The van der Waals surface area contributed by atoms with Gasteiger partial charge in [0, 0.05) is 0 Å². The molecule has 0 fully saturated rings. The Labute approximate surface area is 90.4 Å². The lowest BCUT2D eigenvalue weighted by atomic mass is 10.2. The third kappa shape index (κ3) is 4.02. The number of para-hydroxylation sites is 2. The Kier molecular flexibility index (Phi) is 4.16. The van der Waals surface area contributed by atoms with Crippen LogP contribution in [0.15, 0.2) is 24.3 Å². The van der Waals surface area contributed by atoms with E-state index in [-0.39, 0.29) is 11.9 Å². The average molecular weight is 207 g/mol. The summed E-state index contributed by atoms with van der Waals surface area (Å²) in [4.78, 5) is 10.8. The molecule has 0 atom stereocenters. The van der Waals surface area contributed by atoms with Crippen molar-refractivity contribution >= 4 is 11.5 Å². The number of carbonyl (C=O) groups excluding carboxylic acids is 1. The van der Waals surface area contributed by atoms with Crippen molar-refractivity contribution in [3.8, 4) is 5.75 Å². The smallest absolute Gasteiger partial charge is 0.148 e. The number of ketones is 1. The zero-order chi connectivity index (χ0) is 11.3. The molecule has 15 heavy (non-hydrogen) atoms. The van der Waals surface area contributed by atoms with Gasteiger partial charge in [0.05, 0.1) is 18.3 Å². The average Bonchev–Trinajstić information content (AvgIpc) is 2.15. The van der Waals surface area contributed by atoms with Crippen LogP contribution in [0.2, 0.25) is 0 Å². The van der Waals surface area contributed by atoms with E-state index in [0.29, 0.717) is 6.54 Å². The number of carbonyl (C=O) groups is 1. The molecule has 0 saturated carbocycles. The Hall–Kier alpha value is -1.51. The SMILES string of the molecule is CC(=O)CNc1ccccc1OC(C)C. The van der Waals surface area contributed by atoms with Crippen LogP contribution in [0.4, 0.5) is 5.69 Å². The maximum atomic E-state index is 10.8. The molecule has 82 valence electrons. The second-order valence-corrected chi connectivity index (χ2v) is 3.72. The van der Waals surface area contributed by atoms with Gasteiger partial charge in [0.2, 0.25) is 0 Å². The summed E-state index contributed by atoms with van der Waals surface area (Å²) in [7, 11) is 0. The number of Topliss-reactive ketones (excluding diaryl/α,β-unsaturated/α-hetero) is 1. The Bertz CT molecular complexity index is 334. The molecule has 0 aliphatic rings. The molecule has 3 heteroatoms. The fourth-order valence-electron chi connectivity index (χ4n) is 1.19. The molecule has 0 spiro atoms. The summed E-state index contributed by atoms with van der Waals surface area (Å²) in [6.07, 6.45) is 0.130. The van der Waals surface area contributed by atoms with Gasteiger partial charge in [-0.1, -0.05) is 12.1 Å². The topological polar surface area (TPSA) is 38.3 Å². The zero-order valence-electron chi connectivity index (χ0n) is 9.41. The van der Waals surface area contributed by atoms with E-state index < -0.39 is 0 Å². The number of hydrogen-bond donors (Lipinski definition) is 1. The Morgan fingerprint density at radius 2 is 2.07 bits per heavy atom. The van der Waals surface area contributed by atoms with Crippen molar-refractivity contribution in [2.24, 2.45) is 0 Å². The quantitative estimate of drug-likeness (QED) is 0.806. The lowest BCUT2D eigenvalue weighted by Gasteiger charge is -2.14. The summed E-state index contributed by atoms with van der Waals surface area (Å²) in [5, 5.41) is 3.04. The molecule has 0 radical (unpaired) electrons. The molecule has 0 bridgehead atoms. The fraction of sp³-hybridized carbons (Fsp3) is 0.417. The molecule has 1 aromatic carbocycles. The van der Waals surface area contributed by atoms with Crippen LogP contribution in [0, 0.1) is 0 Å². The fourth-order valence-corrected chi connectivity index (χ4v) is 1.19. The van der Waals surface area contributed by atoms with Crippen LogP contribution in [0.5, 0.6) is 5.75 Å². The van der Waals surface area contributed by atoms with Crippen LogP contribution in [-0.4, -0.2) is 18.4 Å². The van der Waals surface area contributed by atoms with E-state index in [0.717, 1.165) is 11.4 Å². The number of rotatable bonds is 5. The molecule has 0 aromatic heterocycles. The van der Waals surface area contributed by atoms with Gasteiger partial charge in [-0.05, 0) is 32.9 Å². The van der Waals surface area contributed by atoms with E-state index in [4.69, 9.17) is 4.74 Å². The molecule has 0 aliphatic carbocycles. The number of hydrogen-bond acceptors (Lipinski definition) is 3. The highest BCUT2D eigenvalue weighted by Gasteiger charge is 2.04. The minimum atomic E-state index is 0.106. The maximum absolute atomic E-state index is 10.8. The minimum absolute atomic E-state index is 0.106. The molecule has 1 rings (SSSR count). The summed E-state index contributed by atoms with van der Waals surface area (Å²) in [6.45, 7) is 5.83. The maximum Gasteiger partial charge on any atom is 0.148 e. The van der Waals surface area contributed by atoms with Crippen LogP contribution in [0.25, 0.3) is 0 Å². The third-order valence-corrected chi connectivity index (χ3v) is 1.78. The van der Waals surface area contributed by atoms with E-state index in [1.54, 1.807) is 6.92 Å². The lowest BCUT2D eigenvalue weighted by Crippen LogP contribution is -2.12. The first-order valence-electron chi connectivity index (χ1n) is 5.08. The van der Waals surface area contributed by atoms with Crippen molar-refractivity contribution in [3.63, 3.8) is 0 Å². The van der Waals surface area contributed by atoms with Gasteiger partial charge in [-0.25, -0.2) is 0 Å². The van der Waals surface area contributed by atoms with Crippen LogP contribution >= 0.6 is 0 Å². The van der Waals surface area contributed by atoms with E-state index in [1.807, 2.05) is 38.1 Å². The van der Waals surface area contributed by atoms with Crippen molar-refractivity contribution < 1.29 is 9.53 Å². The predicted molar refractivity (Wildman–Crippen MR) is 61.4 cm³/mol. The van der Waals surface area contributed by atoms with Crippen molar-refractivity contribution in [1.82, 2.24) is 0 Å². The van der Waals surface area contributed by atoms with Gasteiger partial charge in [-0.3, -0.25) is 4.79 Å². The second-order valence-electron chi connectivity index (χ2n) is 3.72. The van der Waals surface area contributed by atoms with Gasteiger partial charge >= 0.3 is 0 Å². The largest absolute Gasteiger partial charge is 0.489 e. The third-order valence-electron chi connectivity index (χ3n) is 1.78. The molecule has 3 nitrogen and oxygen atoms in total. The van der Waals surface area contributed by atoms with Crippen LogP contribution in [-0.2, 0) is 4.79 Å². The summed E-state index contributed by atoms with van der Waals surface area (Å²) in [5.41, 5.74) is 0.862. The molecule has 1 N–H and O–H groups in total. The summed E-state index contributed by atoms with van der Waals surface area (Å²) >= 11 is 0. The van der Waals surface area contributed by atoms with Crippen molar-refractivity contribution in [1.29, 1.82) is 0 Å². The minimum Gasteiger partial charge on any atom is -0.489 e. The molecular weight excluding hydrogens is 190 g/mol. The van der Waals surface area contributed by atoms with E-state index in [2.05, 4.69) is 5.32 Å². The number of ether oxygens (including phenoxy) is 1. The monoisotopic (exact) mass is 207 g/mol. The Balaban J connectivity index is 2.72. The van der Waals surface area contributed by atoms with Gasteiger partial charge in [-0.15, -0.1) is 0 Å². The van der Waals surface area contributed by atoms with Gasteiger partial charge < -0.3 is 10.1 Å².